The van der Waals surface area contributed by atoms with Gasteiger partial charge in [-0.15, -0.1) is 0 Å². The first-order chi connectivity index (χ1) is 8.08. The van der Waals surface area contributed by atoms with Crippen LogP contribution < -0.4 is 5.73 Å². The van der Waals surface area contributed by atoms with Crippen molar-refractivity contribution in [2.24, 2.45) is 23.5 Å². The fourth-order valence-corrected chi connectivity index (χ4v) is 3.23. The van der Waals surface area contributed by atoms with Crippen molar-refractivity contribution < 1.29 is 0 Å². The van der Waals surface area contributed by atoms with Crippen molar-refractivity contribution in [3.05, 3.63) is 33.4 Å². The zero-order valence-corrected chi connectivity index (χ0v) is 12.9. The lowest BCUT2D eigenvalue weighted by Crippen LogP contribution is -2.29. The Bertz CT molecular complexity index is 360. The van der Waals surface area contributed by atoms with Crippen LogP contribution in [0.2, 0.25) is 0 Å². The third-order valence-corrected chi connectivity index (χ3v) is 5.12. The molecule has 4 atom stereocenters. The van der Waals surface area contributed by atoms with Gasteiger partial charge in [-0.3, -0.25) is 0 Å². The van der Waals surface area contributed by atoms with Gasteiger partial charge in [0.1, 0.15) is 0 Å². The molecule has 1 aromatic rings. The van der Waals surface area contributed by atoms with Crippen LogP contribution in [0, 0.1) is 21.3 Å². The second kappa shape index (κ2) is 5.70. The number of benzene rings is 1. The molecule has 0 amide bonds. The van der Waals surface area contributed by atoms with E-state index >= 15 is 0 Å². The molecule has 0 aliphatic heterocycles. The average Bonchev–Trinajstić information content (AvgIpc) is 2.33. The quantitative estimate of drug-likeness (QED) is 0.793. The minimum atomic E-state index is 0.224. The Kier molecular flexibility index (Phi) is 4.47. The SMILES string of the molecule is CC1CCC(C(N)c2ccc(I)cc2)CC1C. The molecule has 94 valence electrons. The van der Waals surface area contributed by atoms with E-state index in [1.54, 1.807) is 0 Å². The molecule has 1 fully saturated rings. The van der Waals surface area contributed by atoms with Crippen LogP contribution in [0.25, 0.3) is 0 Å². The Balaban J connectivity index is 2.05. The highest BCUT2D eigenvalue weighted by Gasteiger charge is 2.28. The molecule has 0 bridgehead atoms. The van der Waals surface area contributed by atoms with Crippen LogP contribution >= 0.6 is 22.6 Å². The van der Waals surface area contributed by atoms with Crippen molar-refractivity contribution in [1.29, 1.82) is 0 Å². The van der Waals surface area contributed by atoms with Gasteiger partial charge in [0, 0.05) is 9.61 Å². The molecule has 1 aliphatic rings. The summed E-state index contributed by atoms with van der Waals surface area (Å²) in [5.74, 6) is 2.36. The number of hydrogen-bond donors (Lipinski definition) is 1. The fourth-order valence-electron chi connectivity index (χ4n) is 2.87. The van der Waals surface area contributed by atoms with Gasteiger partial charge in [-0.2, -0.15) is 0 Å². The van der Waals surface area contributed by atoms with E-state index in [0.29, 0.717) is 5.92 Å². The standard InChI is InChI=1S/C15H22IN/c1-10-3-4-13(9-11(10)2)15(17)12-5-7-14(16)8-6-12/h5-8,10-11,13,15H,3-4,9,17H2,1-2H3. The summed E-state index contributed by atoms with van der Waals surface area (Å²) in [5.41, 5.74) is 7.73. The van der Waals surface area contributed by atoms with E-state index < -0.39 is 0 Å². The van der Waals surface area contributed by atoms with Crippen LogP contribution in [0.15, 0.2) is 24.3 Å². The van der Waals surface area contributed by atoms with Crippen LogP contribution in [0.3, 0.4) is 0 Å². The third-order valence-electron chi connectivity index (χ3n) is 4.40. The molecule has 0 radical (unpaired) electrons. The molecular formula is C15H22IN. The molecule has 17 heavy (non-hydrogen) atoms. The maximum absolute atomic E-state index is 6.43. The van der Waals surface area contributed by atoms with Gasteiger partial charge in [0.2, 0.25) is 0 Å². The zero-order chi connectivity index (χ0) is 12.4. The van der Waals surface area contributed by atoms with E-state index in [1.807, 2.05) is 0 Å². The maximum atomic E-state index is 6.43. The van der Waals surface area contributed by atoms with Crippen molar-refractivity contribution in [3.63, 3.8) is 0 Å². The normalized spacial score (nSPS) is 31.2. The first kappa shape index (κ1) is 13.3. The molecule has 0 aromatic heterocycles. The van der Waals surface area contributed by atoms with Crippen molar-refractivity contribution in [1.82, 2.24) is 0 Å². The number of halogens is 1. The number of rotatable bonds is 2. The summed E-state index contributed by atoms with van der Waals surface area (Å²) in [7, 11) is 0. The van der Waals surface area contributed by atoms with Crippen LogP contribution in [-0.4, -0.2) is 0 Å². The lowest BCUT2D eigenvalue weighted by Gasteiger charge is -2.35. The summed E-state index contributed by atoms with van der Waals surface area (Å²) in [6.45, 7) is 4.74. The van der Waals surface area contributed by atoms with Crippen molar-refractivity contribution in [2.45, 2.75) is 39.2 Å². The molecular weight excluding hydrogens is 321 g/mol. The monoisotopic (exact) mass is 343 g/mol. The molecule has 0 heterocycles. The molecule has 1 aliphatic carbocycles. The number of nitrogens with two attached hydrogens (primary N) is 1. The van der Waals surface area contributed by atoms with Gasteiger partial charge in [0.05, 0.1) is 0 Å². The summed E-state index contributed by atoms with van der Waals surface area (Å²) >= 11 is 2.34. The highest BCUT2D eigenvalue weighted by molar-refractivity contribution is 14.1. The highest BCUT2D eigenvalue weighted by Crippen LogP contribution is 2.38. The first-order valence-electron chi connectivity index (χ1n) is 6.59. The van der Waals surface area contributed by atoms with Gasteiger partial charge >= 0.3 is 0 Å². The summed E-state index contributed by atoms with van der Waals surface area (Å²) in [6, 6.07) is 8.92. The number of hydrogen-bond acceptors (Lipinski definition) is 1. The fraction of sp³-hybridized carbons (Fsp3) is 0.600. The molecule has 1 saturated carbocycles. The average molecular weight is 343 g/mol. The summed E-state index contributed by atoms with van der Waals surface area (Å²) in [5, 5.41) is 0. The predicted octanol–water partition coefficient (Wildman–Crippen LogP) is 4.36. The van der Waals surface area contributed by atoms with Gasteiger partial charge in [-0.25, -0.2) is 0 Å². The lowest BCUT2D eigenvalue weighted by molar-refractivity contribution is 0.186. The van der Waals surface area contributed by atoms with Gasteiger partial charge in [-0.05, 0) is 70.9 Å². The first-order valence-corrected chi connectivity index (χ1v) is 7.67. The van der Waals surface area contributed by atoms with Crippen LogP contribution in [-0.2, 0) is 0 Å². The van der Waals surface area contributed by atoms with Gasteiger partial charge in [0.25, 0.3) is 0 Å². The van der Waals surface area contributed by atoms with Gasteiger partial charge in [-0.1, -0.05) is 32.4 Å². The van der Waals surface area contributed by atoms with E-state index in [4.69, 9.17) is 5.73 Å². The Labute approximate surface area is 118 Å². The van der Waals surface area contributed by atoms with Gasteiger partial charge in [0.15, 0.2) is 0 Å². The van der Waals surface area contributed by atoms with E-state index in [1.165, 1.54) is 28.4 Å². The van der Waals surface area contributed by atoms with Crippen LogP contribution in [0.5, 0.6) is 0 Å². The summed E-state index contributed by atoms with van der Waals surface area (Å²) in [6.07, 6.45) is 3.91. The largest absolute Gasteiger partial charge is 0.324 e. The van der Waals surface area contributed by atoms with Crippen molar-refractivity contribution in [2.75, 3.05) is 0 Å². The summed E-state index contributed by atoms with van der Waals surface area (Å²) < 4.78 is 1.28. The summed E-state index contributed by atoms with van der Waals surface area (Å²) in [4.78, 5) is 0. The smallest absolute Gasteiger partial charge is 0.0323 e. The van der Waals surface area contributed by atoms with Gasteiger partial charge < -0.3 is 5.73 Å². The molecule has 2 N–H and O–H groups in total. The van der Waals surface area contributed by atoms with Crippen LogP contribution in [0.4, 0.5) is 0 Å². The van der Waals surface area contributed by atoms with Crippen molar-refractivity contribution >= 4 is 22.6 Å². The topological polar surface area (TPSA) is 26.0 Å². The lowest BCUT2D eigenvalue weighted by atomic mass is 9.72. The Morgan fingerprint density at radius 2 is 1.76 bits per heavy atom. The van der Waals surface area contributed by atoms with E-state index in [-0.39, 0.29) is 6.04 Å². The molecule has 0 spiro atoms. The van der Waals surface area contributed by atoms with Crippen molar-refractivity contribution in [3.8, 4) is 0 Å². The predicted molar refractivity (Wildman–Crippen MR) is 81.8 cm³/mol. The minimum Gasteiger partial charge on any atom is -0.324 e. The van der Waals surface area contributed by atoms with Crippen LogP contribution in [0.1, 0.15) is 44.7 Å². The third kappa shape index (κ3) is 3.22. The Morgan fingerprint density at radius 3 is 2.35 bits per heavy atom. The Hall–Kier alpha value is -0.0900. The second-order valence-corrected chi connectivity index (χ2v) is 6.85. The molecule has 1 aromatic carbocycles. The van der Waals surface area contributed by atoms with E-state index in [9.17, 15) is 0 Å². The molecule has 2 heteroatoms. The molecule has 1 nitrogen and oxygen atoms in total. The molecule has 4 unspecified atom stereocenters. The Morgan fingerprint density at radius 1 is 1.12 bits per heavy atom. The van der Waals surface area contributed by atoms with E-state index in [2.05, 4.69) is 60.7 Å². The minimum absolute atomic E-state index is 0.224. The highest BCUT2D eigenvalue weighted by atomic mass is 127. The second-order valence-electron chi connectivity index (χ2n) is 5.61. The molecule has 0 saturated heterocycles. The van der Waals surface area contributed by atoms with E-state index in [0.717, 1.165) is 11.8 Å². The molecule has 2 rings (SSSR count). The maximum Gasteiger partial charge on any atom is 0.0323 e. The zero-order valence-electron chi connectivity index (χ0n) is 10.7.